The molecule has 3 aromatic rings. The number of benzene rings is 2. The highest BCUT2D eigenvalue weighted by Gasteiger charge is 2.68. The lowest BCUT2D eigenvalue weighted by Crippen LogP contribution is -2.51. The average Bonchev–Trinajstić information content (AvgIpc) is 3.08. The van der Waals surface area contributed by atoms with Crippen molar-refractivity contribution in [1.82, 2.24) is 9.97 Å². The summed E-state index contributed by atoms with van der Waals surface area (Å²) in [5.74, 6) is 0.441. The number of likely N-dealkylation sites (N-methyl/N-ethyl adjacent to an activating group) is 1. The summed E-state index contributed by atoms with van der Waals surface area (Å²) in [5.41, 5.74) is 5.04. The van der Waals surface area contributed by atoms with Gasteiger partial charge in [0.2, 0.25) is 5.91 Å². The van der Waals surface area contributed by atoms with Crippen LogP contribution in [0.1, 0.15) is 56.5 Å². The lowest BCUT2D eigenvalue weighted by molar-refractivity contribution is -0.127. The number of amides is 1. The molecule has 1 amide bonds. The average molecular weight is 386 g/mol. The number of hydrogen-bond donors (Lipinski definition) is 0. The molecule has 4 nitrogen and oxygen atoms in total. The standard InChI is InChI=1S/C25H27N3O/c1-5-28(17-10-8-9-16(2)15-17)23(29)25-14-13-18(24(25,3)4)21-22(25)27-20-12-7-6-11-19(20)26-21/h6-12,15,18H,5,13-14H2,1-4H3. The van der Waals surface area contributed by atoms with Crippen molar-refractivity contribution in [1.29, 1.82) is 0 Å². The van der Waals surface area contributed by atoms with Crippen LogP contribution in [0.4, 0.5) is 5.69 Å². The molecule has 2 aromatic carbocycles. The highest BCUT2D eigenvalue weighted by molar-refractivity contribution is 6.03. The summed E-state index contributed by atoms with van der Waals surface area (Å²) in [6.45, 7) is 9.23. The van der Waals surface area contributed by atoms with E-state index in [0.717, 1.165) is 46.5 Å². The molecule has 0 saturated heterocycles. The van der Waals surface area contributed by atoms with E-state index >= 15 is 0 Å². The lowest BCUT2D eigenvalue weighted by Gasteiger charge is -2.40. The van der Waals surface area contributed by atoms with Crippen LogP contribution in [0, 0.1) is 12.3 Å². The number of aromatic nitrogens is 2. The van der Waals surface area contributed by atoms with Gasteiger partial charge in [-0.3, -0.25) is 4.79 Å². The molecule has 0 radical (unpaired) electrons. The van der Waals surface area contributed by atoms with Crippen LogP contribution in [0.3, 0.4) is 0 Å². The molecule has 2 aliphatic carbocycles. The Morgan fingerprint density at radius 1 is 1.10 bits per heavy atom. The fraction of sp³-hybridized carbons (Fsp3) is 0.400. The van der Waals surface area contributed by atoms with Crippen LogP contribution in [-0.4, -0.2) is 22.4 Å². The molecule has 29 heavy (non-hydrogen) atoms. The van der Waals surface area contributed by atoms with Crippen LogP contribution >= 0.6 is 0 Å². The highest BCUT2D eigenvalue weighted by Crippen LogP contribution is 2.67. The summed E-state index contributed by atoms with van der Waals surface area (Å²) in [6, 6.07) is 16.2. The Labute approximate surface area is 172 Å². The third kappa shape index (κ3) is 2.29. The molecule has 0 aliphatic heterocycles. The Morgan fingerprint density at radius 3 is 2.52 bits per heavy atom. The number of anilines is 1. The van der Waals surface area contributed by atoms with Crippen molar-refractivity contribution in [2.24, 2.45) is 5.41 Å². The van der Waals surface area contributed by atoms with Gasteiger partial charge in [-0.15, -0.1) is 0 Å². The van der Waals surface area contributed by atoms with Gasteiger partial charge in [0.1, 0.15) is 0 Å². The summed E-state index contributed by atoms with van der Waals surface area (Å²) >= 11 is 0. The zero-order chi connectivity index (χ0) is 20.4. The van der Waals surface area contributed by atoms with E-state index in [2.05, 4.69) is 39.8 Å². The quantitative estimate of drug-likeness (QED) is 0.627. The second-order valence-corrected chi connectivity index (χ2v) is 9.05. The first-order chi connectivity index (χ1) is 13.9. The van der Waals surface area contributed by atoms with Crippen LogP contribution in [0.15, 0.2) is 48.5 Å². The fourth-order valence-corrected chi connectivity index (χ4v) is 5.77. The van der Waals surface area contributed by atoms with E-state index < -0.39 is 5.41 Å². The van der Waals surface area contributed by atoms with Crippen molar-refractivity contribution in [3.05, 3.63) is 65.5 Å². The predicted molar refractivity (Wildman–Crippen MR) is 116 cm³/mol. The normalized spacial score (nSPS) is 23.9. The van der Waals surface area contributed by atoms with Gasteiger partial charge in [0.05, 0.1) is 27.8 Å². The Hall–Kier alpha value is -2.75. The van der Waals surface area contributed by atoms with E-state index in [4.69, 9.17) is 9.97 Å². The molecule has 1 aromatic heterocycles. The molecule has 4 heteroatoms. The van der Waals surface area contributed by atoms with Gasteiger partial charge in [0, 0.05) is 18.2 Å². The molecule has 2 atom stereocenters. The van der Waals surface area contributed by atoms with E-state index in [0.29, 0.717) is 6.54 Å². The van der Waals surface area contributed by atoms with E-state index in [1.807, 2.05) is 41.3 Å². The number of rotatable bonds is 3. The van der Waals surface area contributed by atoms with Gasteiger partial charge < -0.3 is 4.90 Å². The predicted octanol–water partition coefficient (Wildman–Crippen LogP) is 5.15. The molecule has 0 spiro atoms. The van der Waals surface area contributed by atoms with Gasteiger partial charge in [-0.2, -0.15) is 0 Å². The second-order valence-electron chi connectivity index (χ2n) is 9.05. The number of hydrogen-bond acceptors (Lipinski definition) is 3. The van der Waals surface area contributed by atoms with Crippen molar-refractivity contribution in [3.63, 3.8) is 0 Å². The highest BCUT2D eigenvalue weighted by atomic mass is 16.2. The topological polar surface area (TPSA) is 46.1 Å². The maximum absolute atomic E-state index is 14.2. The molecule has 148 valence electrons. The maximum atomic E-state index is 14.2. The van der Waals surface area contributed by atoms with Gasteiger partial charge in [0.15, 0.2) is 0 Å². The van der Waals surface area contributed by atoms with Crippen LogP contribution in [-0.2, 0) is 10.2 Å². The number of para-hydroxylation sites is 2. The number of nitrogens with zero attached hydrogens (tertiary/aromatic N) is 3. The van der Waals surface area contributed by atoms with Gasteiger partial charge in [-0.25, -0.2) is 9.97 Å². The lowest BCUT2D eigenvalue weighted by atomic mass is 9.67. The minimum atomic E-state index is -0.621. The second kappa shape index (κ2) is 6.12. The summed E-state index contributed by atoms with van der Waals surface area (Å²) in [5, 5.41) is 0. The van der Waals surface area contributed by atoms with Gasteiger partial charge in [0.25, 0.3) is 0 Å². The van der Waals surface area contributed by atoms with E-state index in [9.17, 15) is 4.79 Å². The molecule has 1 saturated carbocycles. The largest absolute Gasteiger partial charge is 0.312 e. The smallest absolute Gasteiger partial charge is 0.239 e. The van der Waals surface area contributed by atoms with E-state index in [-0.39, 0.29) is 17.2 Å². The number of carbonyl (C=O) groups excluding carboxylic acids is 1. The third-order valence-electron chi connectivity index (χ3n) is 7.35. The maximum Gasteiger partial charge on any atom is 0.239 e. The Morgan fingerprint density at radius 2 is 1.83 bits per heavy atom. The Bertz CT molecular complexity index is 1140. The van der Waals surface area contributed by atoms with Crippen LogP contribution in [0.5, 0.6) is 0 Å². The zero-order valence-electron chi connectivity index (χ0n) is 17.6. The van der Waals surface area contributed by atoms with E-state index in [1.165, 1.54) is 0 Å². The molecule has 0 N–H and O–H groups in total. The summed E-state index contributed by atoms with van der Waals surface area (Å²) in [4.78, 5) is 26.2. The molecule has 2 unspecified atom stereocenters. The first-order valence-electron chi connectivity index (χ1n) is 10.6. The Balaban J connectivity index is 1.71. The SMILES string of the molecule is CCN(C(=O)C12CCC(c3nc4ccccc4nc31)C2(C)C)c1cccc(C)c1. The van der Waals surface area contributed by atoms with Crippen molar-refractivity contribution >= 4 is 22.6 Å². The van der Waals surface area contributed by atoms with Gasteiger partial charge in [-0.05, 0) is 61.9 Å². The summed E-state index contributed by atoms with van der Waals surface area (Å²) < 4.78 is 0. The van der Waals surface area contributed by atoms with Crippen LogP contribution < -0.4 is 4.90 Å². The van der Waals surface area contributed by atoms with Crippen molar-refractivity contribution in [2.45, 2.75) is 51.9 Å². The number of carbonyl (C=O) groups is 1. The minimum absolute atomic E-state index is 0.168. The molecule has 1 heterocycles. The van der Waals surface area contributed by atoms with Gasteiger partial charge >= 0.3 is 0 Å². The third-order valence-corrected chi connectivity index (χ3v) is 7.35. The fourth-order valence-electron chi connectivity index (χ4n) is 5.77. The minimum Gasteiger partial charge on any atom is -0.312 e. The van der Waals surface area contributed by atoms with Crippen molar-refractivity contribution in [3.8, 4) is 0 Å². The first kappa shape index (κ1) is 18.3. The molecular formula is C25H27N3O. The summed E-state index contributed by atoms with van der Waals surface area (Å²) in [6.07, 6.45) is 1.83. The molecule has 2 bridgehead atoms. The van der Waals surface area contributed by atoms with E-state index in [1.54, 1.807) is 0 Å². The molecule has 1 fully saturated rings. The Kier molecular flexibility index (Phi) is 3.86. The van der Waals surface area contributed by atoms with Crippen LogP contribution in [0.25, 0.3) is 11.0 Å². The monoisotopic (exact) mass is 385 g/mol. The van der Waals surface area contributed by atoms with Crippen molar-refractivity contribution in [2.75, 3.05) is 11.4 Å². The summed E-state index contributed by atoms with van der Waals surface area (Å²) in [7, 11) is 0. The van der Waals surface area contributed by atoms with Crippen molar-refractivity contribution < 1.29 is 4.79 Å². The van der Waals surface area contributed by atoms with Crippen LogP contribution in [0.2, 0.25) is 0 Å². The molecular weight excluding hydrogens is 358 g/mol. The molecule has 2 aliphatic rings. The number of aryl methyl sites for hydroxylation is 1. The molecule has 5 rings (SSSR count). The zero-order valence-corrected chi connectivity index (χ0v) is 17.6. The van der Waals surface area contributed by atoms with Gasteiger partial charge in [-0.1, -0.05) is 38.1 Å². The number of fused-ring (bicyclic) bond motifs is 6. The first-order valence-corrected chi connectivity index (χ1v) is 10.6.